The van der Waals surface area contributed by atoms with Gasteiger partial charge in [-0.3, -0.25) is 0 Å². The van der Waals surface area contributed by atoms with E-state index in [0.717, 1.165) is 4.88 Å². The second kappa shape index (κ2) is 4.53. The molecule has 4 nitrogen and oxygen atoms in total. The maximum absolute atomic E-state index is 11.3. The van der Waals surface area contributed by atoms with Crippen LogP contribution in [0.4, 0.5) is 0 Å². The monoisotopic (exact) mass is 242 g/mol. The summed E-state index contributed by atoms with van der Waals surface area (Å²) in [5.41, 5.74) is 0.480. The maximum atomic E-state index is 11.3. The lowest BCUT2D eigenvalue weighted by Crippen LogP contribution is -2.19. The highest BCUT2D eigenvalue weighted by Gasteiger charge is 2.36. The molecule has 1 aliphatic carbocycles. The first-order valence-electron chi connectivity index (χ1n) is 5.16. The highest BCUT2D eigenvalue weighted by atomic mass is 32.1. The van der Waals surface area contributed by atoms with Crippen molar-refractivity contribution in [2.24, 2.45) is 0 Å². The van der Waals surface area contributed by atoms with E-state index in [1.165, 1.54) is 18.4 Å². The average molecular weight is 242 g/mol. The van der Waals surface area contributed by atoms with E-state index in [1.807, 2.05) is 0 Å². The van der Waals surface area contributed by atoms with Crippen LogP contribution in [0.1, 0.15) is 34.0 Å². The molecule has 0 amide bonds. The van der Waals surface area contributed by atoms with E-state index in [2.05, 4.69) is 4.74 Å². The molecule has 0 aromatic carbocycles. The summed E-state index contributed by atoms with van der Waals surface area (Å²) in [4.78, 5) is 12.1. The van der Waals surface area contributed by atoms with E-state index < -0.39 is 12.2 Å². The predicted octanol–water partition coefficient (Wildman–Crippen LogP) is 1.13. The first-order valence-corrected chi connectivity index (χ1v) is 6.04. The van der Waals surface area contributed by atoms with Crippen LogP contribution >= 0.6 is 11.3 Å². The van der Waals surface area contributed by atoms with Crippen molar-refractivity contribution < 1.29 is 19.7 Å². The summed E-state index contributed by atoms with van der Waals surface area (Å²) in [6.45, 7) is 0. The Kier molecular flexibility index (Phi) is 3.28. The van der Waals surface area contributed by atoms with Gasteiger partial charge in [0.25, 0.3) is 0 Å². The Labute approximate surface area is 97.5 Å². The van der Waals surface area contributed by atoms with Gasteiger partial charge in [-0.25, -0.2) is 4.79 Å². The maximum Gasteiger partial charge on any atom is 0.338 e. The summed E-state index contributed by atoms with van der Waals surface area (Å²) in [6, 6.07) is 1.69. The van der Waals surface area contributed by atoms with Crippen LogP contribution in [0.5, 0.6) is 0 Å². The van der Waals surface area contributed by atoms with Gasteiger partial charge in [-0.15, -0.1) is 11.3 Å². The Hall–Kier alpha value is -0.910. The van der Waals surface area contributed by atoms with E-state index in [0.29, 0.717) is 18.4 Å². The second-order valence-electron chi connectivity index (χ2n) is 3.97. The van der Waals surface area contributed by atoms with Crippen LogP contribution in [-0.2, 0) is 4.74 Å². The fourth-order valence-electron chi connectivity index (χ4n) is 2.09. The summed E-state index contributed by atoms with van der Waals surface area (Å²) in [5.74, 6) is -0.645. The van der Waals surface area contributed by atoms with Crippen molar-refractivity contribution >= 4 is 17.3 Å². The zero-order valence-electron chi connectivity index (χ0n) is 8.92. The lowest BCUT2D eigenvalue weighted by atomic mass is 10.0. The lowest BCUT2D eigenvalue weighted by Gasteiger charge is -2.15. The molecule has 2 unspecified atom stereocenters. The minimum Gasteiger partial charge on any atom is -0.465 e. The van der Waals surface area contributed by atoms with Crippen LogP contribution in [0.2, 0.25) is 0 Å². The van der Waals surface area contributed by atoms with E-state index >= 15 is 0 Å². The van der Waals surface area contributed by atoms with Gasteiger partial charge in [0.2, 0.25) is 0 Å². The molecular weight excluding hydrogens is 228 g/mol. The SMILES string of the molecule is COC(=O)c1csc(C2C(O)CCC2O)c1. The Morgan fingerprint density at radius 1 is 1.44 bits per heavy atom. The van der Waals surface area contributed by atoms with Crippen molar-refractivity contribution in [2.75, 3.05) is 7.11 Å². The molecule has 1 heterocycles. The number of hydrogen-bond acceptors (Lipinski definition) is 5. The summed E-state index contributed by atoms with van der Waals surface area (Å²) in [5, 5.41) is 21.2. The molecule has 1 aromatic rings. The third kappa shape index (κ3) is 1.98. The van der Waals surface area contributed by atoms with E-state index in [9.17, 15) is 15.0 Å². The van der Waals surface area contributed by atoms with Gasteiger partial charge in [-0.1, -0.05) is 0 Å². The third-order valence-electron chi connectivity index (χ3n) is 2.96. The van der Waals surface area contributed by atoms with Crippen molar-refractivity contribution in [3.63, 3.8) is 0 Å². The number of carbonyl (C=O) groups excluding carboxylic acids is 1. The van der Waals surface area contributed by atoms with Crippen LogP contribution in [-0.4, -0.2) is 35.5 Å². The molecule has 1 aromatic heterocycles. The molecule has 2 N–H and O–H groups in total. The number of aliphatic hydroxyl groups excluding tert-OH is 2. The van der Waals surface area contributed by atoms with Gasteiger partial charge in [-0.2, -0.15) is 0 Å². The molecule has 5 heteroatoms. The molecule has 0 radical (unpaired) electrons. The number of thiophene rings is 1. The molecule has 0 spiro atoms. The Morgan fingerprint density at radius 2 is 2.06 bits per heavy atom. The van der Waals surface area contributed by atoms with E-state index in [-0.39, 0.29) is 11.9 Å². The highest BCUT2D eigenvalue weighted by Crippen LogP contribution is 2.38. The number of aliphatic hydroxyl groups is 2. The van der Waals surface area contributed by atoms with Crippen molar-refractivity contribution in [1.82, 2.24) is 0 Å². The van der Waals surface area contributed by atoms with Gasteiger partial charge >= 0.3 is 5.97 Å². The van der Waals surface area contributed by atoms with Gasteiger partial charge in [0, 0.05) is 16.2 Å². The van der Waals surface area contributed by atoms with Crippen LogP contribution < -0.4 is 0 Å². The topological polar surface area (TPSA) is 66.8 Å². The van der Waals surface area contributed by atoms with Crippen LogP contribution in [0.15, 0.2) is 11.4 Å². The van der Waals surface area contributed by atoms with E-state index in [1.54, 1.807) is 11.4 Å². The molecule has 16 heavy (non-hydrogen) atoms. The standard InChI is InChI=1S/C11H14O4S/c1-15-11(14)6-4-9(16-5-6)10-7(12)2-3-8(10)13/h4-5,7-8,10,12-13H,2-3H2,1H3. The Balaban J connectivity index is 2.21. The van der Waals surface area contributed by atoms with Crippen LogP contribution in [0.3, 0.4) is 0 Å². The number of hydrogen-bond donors (Lipinski definition) is 2. The van der Waals surface area contributed by atoms with Gasteiger partial charge in [0.15, 0.2) is 0 Å². The quantitative estimate of drug-likeness (QED) is 0.763. The molecule has 1 aliphatic rings. The molecule has 0 aliphatic heterocycles. The van der Waals surface area contributed by atoms with Gasteiger partial charge in [0.1, 0.15) is 0 Å². The summed E-state index contributed by atoms with van der Waals surface area (Å²) in [7, 11) is 1.33. The smallest absolute Gasteiger partial charge is 0.338 e. The minimum absolute atomic E-state index is 0.261. The molecule has 1 fully saturated rings. The molecule has 0 bridgehead atoms. The molecule has 1 saturated carbocycles. The summed E-state index contributed by atoms with van der Waals surface area (Å²) < 4.78 is 4.61. The number of ether oxygens (including phenoxy) is 1. The van der Waals surface area contributed by atoms with Gasteiger partial charge in [0.05, 0.1) is 24.9 Å². The molecule has 2 atom stereocenters. The van der Waals surface area contributed by atoms with Crippen molar-refractivity contribution in [2.45, 2.75) is 31.0 Å². The molecular formula is C11H14O4S. The lowest BCUT2D eigenvalue weighted by molar-refractivity contribution is 0.0600. The number of methoxy groups -OCH3 is 1. The fourth-order valence-corrected chi connectivity index (χ4v) is 3.18. The first-order chi connectivity index (χ1) is 7.63. The predicted molar refractivity (Wildman–Crippen MR) is 59.6 cm³/mol. The number of esters is 1. The van der Waals surface area contributed by atoms with Crippen molar-refractivity contribution in [3.05, 3.63) is 21.9 Å². The zero-order valence-corrected chi connectivity index (χ0v) is 9.74. The summed E-state index contributed by atoms with van der Waals surface area (Å²) in [6.07, 6.45) is 0.187. The molecule has 88 valence electrons. The normalized spacial score (nSPS) is 29.3. The van der Waals surface area contributed by atoms with Crippen molar-refractivity contribution in [3.8, 4) is 0 Å². The molecule has 0 saturated heterocycles. The van der Waals surface area contributed by atoms with E-state index in [4.69, 9.17) is 0 Å². The highest BCUT2D eigenvalue weighted by molar-refractivity contribution is 7.10. The Morgan fingerprint density at radius 3 is 2.62 bits per heavy atom. The molecule has 2 rings (SSSR count). The zero-order chi connectivity index (χ0) is 11.7. The fraction of sp³-hybridized carbons (Fsp3) is 0.545. The largest absolute Gasteiger partial charge is 0.465 e. The summed E-state index contributed by atoms with van der Waals surface area (Å²) >= 11 is 1.38. The average Bonchev–Trinajstić information content (AvgIpc) is 2.85. The van der Waals surface area contributed by atoms with Crippen LogP contribution in [0.25, 0.3) is 0 Å². The van der Waals surface area contributed by atoms with Gasteiger partial charge < -0.3 is 14.9 Å². The number of carbonyl (C=O) groups is 1. The van der Waals surface area contributed by atoms with Gasteiger partial charge in [-0.05, 0) is 18.9 Å². The second-order valence-corrected chi connectivity index (χ2v) is 4.91. The Bertz CT molecular complexity index is 377. The minimum atomic E-state index is -0.515. The third-order valence-corrected chi connectivity index (χ3v) is 3.99. The first kappa shape index (κ1) is 11.6. The van der Waals surface area contributed by atoms with Crippen molar-refractivity contribution in [1.29, 1.82) is 0 Å². The van der Waals surface area contributed by atoms with Crippen LogP contribution in [0, 0.1) is 0 Å². The number of rotatable bonds is 2.